The van der Waals surface area contributed by atoms with Crippen molar-refractivity contribution in [3.8, 4) is 0 Å². The van der Waals surface area contributed by atoms with Crippen molar-refractivity contribution in [1.29, 1.82) is 0 Å². The third-order valence-corrected chi connectivity index (χ3v) is 3.79. The highest BCUT2D eigenvalue weighted by Gasteiger charge is 2.08. The fourth-order valence-corrected chi connectivity index (χ4v) is 2.33. The molecular weight excluding hydrogens is 314 g/mol. The molecule has 3 nitrogen and oxygen atoms in total. The van der Waals surface area contributed by atoms with E-state index in [0.29, 0.717) is 28.3 Å². The van der Waals surface area contributed by atoms with E-state index < -0.39 is 5.76 Å². The molecule has 1 aromatic heterocycles. The molecule has 0 aliphatic rings. The van der Waals surface area contributed by atoms with E-state index in [1.807, 2.05) is 24.1 Å². The van der Waals surface area contributed by atoms with Gasteiger partial charge < -0.3 is 14.6 Å². The van der Waals surface area contributed by atoms with Crippen LogP contribution in [0.5, 0.6) is 0 Å². The van der Waals surface area contributed by atoms with Gasteiger partial charge in [-0.1, -0.05) is 11.8 Å². The van der Waals surface area contributed by atoms with Gasteiger partial charge in [-0.3, -0.25) is 0 Å². The summed E-state index contributed by atoms with van der Waals surface area (Å²) in [6, 6.07) is 10.4. The Morgan fingerprint density at radius 3 is 2.62 bits per heavy atom. The number of hydrogen-bond donors (Lipinski definition) is 1. The van der Waals surface area contributed by atoms with Crippen LogP contribution in [0.4, 0.5) is 14.5 Å². The van der Waals surface area contributed by atoms with Gasteiger partial charge in [-0.25, -0.2) is 0 Å². The minimum absolute atomic E-state index is 0.518. The Kier molecular flexibility index (Phi) is 5.58. The number of halogens is 2. The van der Waals surface area contributed by atoms with Gasteiger partial charge in [0.2, 0.25) is 0 Å². The lowest BCUT2D eigenvalue weighted by atomic mass is 10.3. The highest BCUT2D eigenvalue weighted by molar-refractivity contribution is 7.99. The minimum Gasteiger partial charge on any atom is -0.467 e. The van der Waals surface area contributed by atoms with Crippen LogP contribution in [0.2, 0.25) is 0 Å². The number of thioether (sulfide) groups is 1. The quantitative estimate of drug-likeness (QED) is 0.648. The van der Waals surface area contributed by atoms with Gasteiger partial charge in [0, 0.05) is 17.6 Å². The first kappa shape index (κ1) is 15.8. The predicted molar refractivity (Wildman–Crippen MR) is 84.7 cm³/mol. The number of anilines is 1. The van der Waals surface area contributed by atoms with Crippen molar-refractivity contribution in [2.75, 3.05) is 12.4 Å². The van der Waals surface area contributed by atoms with E-state index in [9.17, 15) is 8.78 Å². The summed E-state index contributed by atoms with van der Waals surface area (Å²) >= 11 is 5.80. The molecule has 0 unspecified atom stereocenters. The lowest BCUT2D eigenvalue weighted by molar-refractivity contribution is 0.252. The molecule has 1 heterocycles. The Hall–Kier alpha value is -1.60. The molecule has 0 radical (unpaired) electrons. The molecule has 0 saturated carbocycles. The fraction of sp³-hybridized carbons (Fsp3) is 0.214. The standard InChI is InChI=1S/C14H14F2N2OS2/c1-18(9-11-3-2-8-19-11)14(20)17-10-4-6-12(7-5-10)21-13(15)16/h2-8,13H,9H2,1H3,(H,17,20). The molecule has 0 atom stereocenters. The molecule has 7 heteroatoms. The van der Waals surface area contributed by atoms with Crippen LogP contribution < -0.4 is 5.32 Å². The molecule has 0 fully saturated rings. The maximum atomic E-state index is 12.2. The van der Waals surface area contributed by atoms with Gasteiger partial charge in [0.05, 0.1) is 12.8 Å². The summed E-state index contributed by atoms with van der Waals surface area (Å²) in [6.45, 7) is 0.554. The van der Waals surface area contributed by atoms with Gasteiger partial charge in [0.25, 0.3) is 5.76 Å². The lowest BCUT2D eigenvalue weighted by Crippen LogP contribution is -2.30. The third-order valence-electron chi connectivity index (χ3n) is 2.65. The van der Waals surface area contributed by atoms with Gasteiger partial charge in [-0.15, -0.1) is 0 Å². The second kappa shape index (κ2) is 7.42. The first-order chi connectivity index (χ1) is 10.0. The molecule has 21 heavy (non-hydrogen) atoms. The van der Waals surface area contributed by atoms with E-state index >= 15 is 0 Å². The number of benzene rings is 1. The van der Waals surface area contributed by atoms with Crippen molar-refractivity contribution in [2.45, 2.75) is 17.2 Å². The lowest BCUT2D eigenvalue weighted by Gasteiger charge is -2.20. The van der Waals surface area contributed by atoms with Crippen molar-refractivity contribution in [3.05, 3.63) is 48.4 Å². The summed E-state index contributed by atoms with van der Waals surface area (Å²) in [6.07, 6.45) is 1.61. The summed E-state index contributed by atoms with van der Waals surface area (Å²) in [5, 5.41) is 3.58. The van der Waals surface area contributed by atoms with Crippen molar-refractivity contribution < 1.29 is 13.2 Å². The zero-order chi connectivity index (χ0) is 15.2. The van der Waals surface area contributed by atoms with E-state index in [1.165, 1.54) is 0 Å². The second-order valence-corrected chi connectivity index (χ2v) is 5.72. The molecule has 2 rings (SSSR count). The second-order valence-electron chi connectivity index (χ2n) is 4.27. The summed E-state index contributed by atoms with van der Waals surface area (Å²) < 4.78 is 29.7. The molecule has 0 saturated heterocycles. The Labute approximate surface area is 131 Å². The Balaban J connectivity index is 1.89. The number of rotatable bonds is 5. The predicted octanol–water partition coefficient (Wildman–Crippen LogP) is 4.42. The number of nitrogens with zero attached hydrogens (tertiary/aromatic N) is 1. The van der Waals surface area contributed by atoms with Crippen molar-refractivity contribution in [2.24, 2.45) is 0 Å². The first-order valence-corrected chi connectivity index (χ1v) is 7.43. The first-order valence-electron chi connectivity index (χ1n) is 6.14. The summed E-state index contributed by atoms with van der Waals surface area (Å²) in [5.41, 5.74) is 0.755. The van der Waals surface area contributed by atoms with Crippen LogP contribution in [0.25, 0.3) is 0 Å². The van der Waals surface area contributed by atoms with E-state index in [1.54, 1.807) is 30.5 Å². The SMILES string of the molecule is CN(Cc1ccco1)C(=S)Nc1ccc(SC(F)F)cc1. The van der Waals surface area contributed by atoms with Crippen LogP contribution in [0, 0.1) is 0 Å². The fourth-order valence-electron chi connectivity index (χ4n) is 1.65. The average molecular weight is 328 g/mol. The third kappa shape index (κ3) is 5.02. The van der Waals surface area contributed by atoms with Gasteiger partial charge >= 0.3 is 0 Å². The summed E-state index contributed by atoms with van der Waals surface area (Å²) in [5.74, 6) is -1.60. The van der Waals surface area contributed by atoms with Gasteiger partial charge in [-0.2, -0.15) is 8.78 Å². The van der Waals surface area contributed by atoms with Crippen LogP contribution in [0.1, 0.15) is 5.76 Å². The van der Waals surface area contributed by atoms with Gasteiger partial charge in [-0.05, 0) is 48.6 Å². The molecule has 0 aliphatic heterocycles. The molecule has 0 spiro atoms. The zero-order valence-corrected chi connectivity index (χ0v) is 12.9. The molecule has 0 aliphatic carbocycles. The number of hydrogen-bond acceptors (Lipinski definition) is 3. The van der Waals surface area contributed by atoms with Crippen LogP contribution in [0.15, 0.2) is 52.0 Å². The van der Waals surface area contributed by atoms with E-state index in [0.717, 1.165) is 11.4 Å². The Morgan fingerprint density at radius 2 is 2.05 bits per heavy atom. The van der Waals surface area contributed by atoms with Crippen LogP contribution in [-0.4, -0.2) is 22.8 Å². The number of furan rings is 1. The van der Waals surface area contributed by atoms with Crippen molar-refractivity contribution in [3.63, 3.8) is 0 Å². The topological polar surface area (TPSA) is 28.4 Å². The smallest absolute Gasteiger partial charge is 0.288 e. The van der Waals surface area contributed by atoms with E-state index in [4.69, 9.17) is 16.6 Å². The van der Waals surface area contributed by atoms with Gasteiger partial charge in [0.1, 0.15) is 5.76 Å². The Bertz CT molecular complexity index is 573. The highest BCUT2D eigenvalue weighted by atomic mass is 32.2. The minimum atomic E-state index is -2.41. The van der Waals surface area contributed by atoms with Gasteiger partial charge in [0.15, 0.2) is 5.11 Å². The monoisotopic (exact) mass is 328 g/mol. The molecular formula is C14H14F2N2OS2. The molecule has 112 valence electrons. The number of nitrogens with one attached hydrogen (secondary N) is 1. The van der Waals surface area contributed by atoms with Crippen LogP contribution in [-0.2, 0) is 6.54 Å². The maximum absolute atomic E-state index is 12.2. The highest BCUT2D eigenvalue weighted by Crippen LogP contribution is 2.26. The number of thiocarbonyl (C=S) groups is 1. The summed E-state index contributed by atoms with van der Waals surface area (Å²) in [7, 11) is 1.85. The maximum Gasteiger partial charge on any atom is 0.288 e. The molecule has 1 N–H and O–H groups in total. The molecule has 0 bridgehead atoms. The van der Waals surface area contributed by atoms with Crippen LogP contribution in [0.3, 0.4) is 0 Å². The molecule has 0 amide bonds. The van der Waals surface area contributed by atoms with Crippen molar-refractivity contribution >= 4 is 34.8 Å². The van der Waals surface area contributed by atoms with E-state index in [-0.39, 0.29) is 0 Å². The number of alkyl halides is 2. The molecule has 2 aromatic rings. The summed E-state index contributed by atoms with van der Waals surface area (Å²) in [4.78, 5) is 2.35. The normalized spacial score (nSPS) is 10.7. The van der Waals surface area contributed by atoms with Crippen LogP contribution >= 0.6 is 24.0 Å². The van der Waals surface area contributed by atoms with E-state index in [2.05, 4.69) is 5.32 Å². The molecule has 1 aromatic carbocycles. The Morgan fingerprint density at radius 1 is 1.33 bits per heavy atom. The zero-order valence-electron chi connectivity index (χ0n) is 11.3. The average Bonchev–Trinajstić information content (AvgIpc) is 2.93. The van der Waals surface area contributed by atoms with Crippen molar-refractivity contribution in [1.82, 2.24) is 4.90 Å². The largest absolute Gasteiger partial charge is 0.467 e.